The zero-order valence-electron chi connectivity index (χ0n) is 7.87. The first-order valence-corrected chi connectivity index (χ1v) is 6.46. The SMILES string of the molecule is O=P([O-])([O-])C(F)c1ccc(Br)c(C(F)(F)F)c1. The van der Waals surface area contributed by atoms with Crippen LogP contribution in [-0.4, -0.2) is 0 Å². The van der Waals surface area contributed by atoms with Crippen LogP contribution in [0.25, 0.3) is 0 Å². The lowest BCUT2D eigenvalue weighted by Crippen LogP contribution is -2.18. The molecule has 1 unspecified atom stereocenters. The molecule has 0 fully saturated rings. The molecule has 0 saturated heterocycles. The van der Waals surface area contributed by atoms with Gasteiger partial charge in [0.15, 0.2) is 5.91 Å². The Labute approximate surface area is 102 Å². The lowest BCUT2D eigenvalue weighted by molar-refractivity contribution is -0.320. The van der Waals surface area contributed by atoms with E-state index < -0.39 is 30.8 Å². The van der Waals surface area contributed by atoms with Gasteiger partial charge in [-0.25, -0.2) is 4.39 Å². The van der Waals surface area contributed by atoms with Crippen LogP contribution in [0.4, 0.5) is 17.6 Å². The number of halogens is 5. The van der Waals surface area contributed by atoms with E-state index in [4.69, 9.17) is 0 Å². The number of alkyl halides is 4. The summed E-state index contributed by atoms with van der Waals surface area (Å²) in [5.74, 6) is -2.99. The minimum absolute atomic E-state index is 0.289. The van der Waals surface area contributed by atoms with Gasteiger partial charge in [-0.1, -0.05) is 22.0 Å². The first-order valence-electron chi connectivity index (χ1n) is 4.06. The Morgan fingerprint density at radius 1 is 1.29 bits per heavy atom. The van der Waals surface area contributed by atoms with Crippen molar-refractivity contribution in [2.45, 2.75) is 12.1 Å². The summed E-state index contributed by atoms with van der Waals surface area (Å²) < 4.78 is 60.3. The maximum Gasteiger partial charge on any atom is 0.417 e. The Morgan fingerprint density at radius 2 is 1.82 bits per heavy atom. The van der Waals surface area contributed by atoms with Crippen molar-refractivity contribution in [2.24, 2.45) is 0 Å². The zero-order valence-corrected chi connectivity index (χ0v) is 10.4. The fraction of sp³-hybridized carbons (Fsp3) is 0.250. The van der Waals surface area contributed by atoms with E-state index in [1.807, 2.05) is 0 Å². The molecule has 0 bridgehead atoms. The van der Waals surface area contributed by atoms with E-state index in [1.54, 1.807) is 0 Å². The fourth-order valence-electron chi connectivity index (χ4n) is 1.09. The predicted molar refractivity (Wildman–Crippen MR) is 50.6 cm³/mol. The monoisotopic (exact) mass is 334 g/mol. The van der Waals surface area contributed by atoms with Gasteiger partial charge in [0.1, 0.15) is 0 Å². The van der Waals surface area contributed by atoms with Crippen molar-refractivity contribution >= 4 is 23.5 Å². The van der Waals surface area contributed by atoms with Gasteiger partial charge in [0.25, 0.3) is 0 Å². The molecule has 0 spiro atoms. The maximum absolute atomic E-state index is 13.1. The Kier molecular flexibility index (Phi) is 4.03. The highest BCUT2D eigenvalue weighted by atomic mass is 79.9. The summed E-state index contributed by atoms with van der Waals surface area (Å²) in [6.07, 6.45) is -4.77. The van der Waals surface area contributed by atoms with Crippen LogP contribution < -0.4 is 9.79 Å². The van der Waals surface area contributed by atoms with Gasteiger partial charge in [0.2, 0.25) is 0 Å². The molecule has 3 nitrogen and oxygen atoms in total. The van der Waals surface area contributed by atoms with Crippen molar-refractivity contribution in [1.29, 1.82) is 0 Å². The molecule has 0 aliphatic rings. The summed E-state index contributed by atoms with van der Waals surface area (Å²) in [6.45, 7) is 0. The van der Waals surface area contributed by atoms with Crippen LogP contribution in [0.2, 0.25) is 0 Å². The van der Waals surface area contributed by atoms with E-state index in [9.17, 15) is 31.9 Å². The summed E-state index contributed by atoms with van der Waals surface area (Å²) in [7, 11) is -5.62. The molecule has 0 amide bonds. The molecule has 1 atom stereocenters. The van der Waals surface area contributed by atoms with Crippen LogP contribution in [0, 0.1) is 0 Å². The second-order valence-electron chi connectivity index (χ2n) is 3.11. The largest absolute Gasteiger partial charge is 0.808 e. The van der Waals surface area contributed by atoms with Crippen molar-refractivity contribution in [3.8, 4) is 0 Å². The van der Waals surface area contributed by atoms with Crippen molar-refractivity contribution in [2.75, 3.05) is 0 Å². The van der Waals surface area contributed by atoms with E-state index in [1.165, 1.54) is 0 Å². The van der Waals surface area contributed by atoms with Crippen LogP contribution in [0.1, 0.15) is 17.0 Å². The molecule has 0 saturated carbocycles. The van der Waals surface area contributed by atoms with E-state index in [0.29, 0.717) is 0 Å². The minimum atomic E-state index is -5.62. The normalized spacial score (nSPS) is 14.8. The smallest absolute Gasteiger partial charge is 0.417 e. The van der Waals surface area contributed by atoms with Crippen LogP contribution in [-0.2, 0) is 10.7 Å². The summed E-state index contributed by atoms with van der Waals surface area (Å²) in [6, 6.07) is 1.92. The lowest BCUT2D eigenvalue weighted by atomic mass is 10.1. The van der Waals surface area contributed by atoms with Gasteiger partial charge in [-0.3, -0.25) is 0 Å². The Hall–Kier alpha value is -0.430. The van der Waals surface area contributed by atoms with Crippen LogP contribution in [0.3, 0.4) is 0 Å². The maximum atomic E-state index is 13.1. The van der Waals surface area contributed by atoms with E-state index in [2.05, 4.69) is 15.9 Å². The van der Waals surface area contributed by atoms with Crippen molar-refractivity contribution in [3.05, 3.63) is 33.8 Å². The van der Waals surface area contributed by atoms with Crippen molar-refractivity contribution in [3.63, 3.8) is 0 Å². The Balaban J connectivity index is 3.27. The van der Waals surface area contributed by atoms with Gasteiger partial charge in [0.05, 0.1) is 5.56 Å². The zero-order chi connectivity index (χ0) is 13.4. The van der Waals surface area contributed by atoms with Gasteiger partial charge >= 0.3 is 6.18 Å². The van der Waals surface area contributed by atoms with E-state index in [0.717, 1.165) is 12.1 Å². The van der Waals surface area contributed by atoms with Gasteiger partial charge in [-0.15, -0.1) is 0 Å². The lowest BCUT2D eigenvalue weighted by Gasteiger charge is -2.33. The highest BCUT2D eigenvalue weighted by Gasteiger charge is 2.33. The second kappa shape index (κ2) is 4.68. The number of hydrogen-bond donors (Lipinski definition) is 0. The molecule has 0 aliphatic heterocycles. The van der Waals surface area contributed by atoms with Gasteiger partial charge in [-0.05, 0) is 25.3 Å². The fourth-order valence-corrected chi connectivity index (χ4v) is 2.09. The molecule has 0 heterocycles. The molecule has 0 radical (unpaired) electrons. The number of rotatable bonds is 2. The van der Waals surface area contributed by atoms with Crippen LogP contribution in [0.5, 0.6) is 0 Å². The number of hydrogen-bond acceptors (Lipinski definition) is 3. The standard InChI is InChI=1S/C8H6BrF4O3P/c9-6-2-1-4(7(10)17(14,15)16)3-5(6)8(11,12)13/h1-3,7H,(H2,14,15,16)/p-2. The van der Waals surface area contributed by atoms with Crippen molar-refractivity contribution in [1.82, 2.24) is 0 Å². The first-order chi connectivity index (χ1) is 7.53. The van der Waals surface area contributed by atoms with Crippen molar-refractivity contribution < 1.29 is 31.9 Å². The topological polar surface area (TPSA) is 63.2 Å². The molecule has 0 aromatic heterocycles. The second-order valence-corrected chi connectivity index (χ2v) is 5.50. The predicted octanol–water partition coefficient (Wildman–Crippen LogP) is 2.35. The minimum Gasteiger partial charge on any atom is -0.808 e. The molecule has 96 valence electrons. The molecule has 1 aromatic rings. The molecule has 9 heteroatoms. The molecule has 0 aliphatic carbocycles. The highest BCUT2D eigenvalue weighted by Crippen LogP contribution is 2.47. The van der Waals surface area contributed by atoms with Crippen LogP contribution in [0.15, 0.2) is 22.7 Å². The molecular formula is C8H4BrF4O3P-2. The first kappa shape index (κ1) is 14.6. The van der Waals surface area contributed by atoms with Gasteiger partial charge < -0.3 is 14.4 Å². The Bertz CT molecular complexity index is 470. The van der Waals surface area contributed by atoms with E-state index in [-0.39, 0.29) is 10.5 Å². The Morgan fingerprint density at radius 3 is 2.24 bits per heavy atom. The highest BCUT2D eigenvalue weighted by molar-refractivity contribution is 9.10. The summed E-state index contributed by atoms with van der Waals surface area (Å²) in [5, 5.41) is 0. The van der Waals surface area contributed by atoms with Gasteiger partial charge in [0, 0.05) is 4.47 Å². The third-order valence-electron chi connectivity index (χ3n) is 1.85. The average Bonchev–Trinajstić information content (AvgIpc) is 2.14. The van der Waals surface area contributed by atoms with Crippen LogP contribution >= 0.6 is 23.5 Å². The summed E-state index contributed by atoms with van der Waals surface area (Å²) in [5.41, 5.74) is -2.08. The number of benzene rings is 1. The molecular weight excluding hydrogens is 331 g/mol. The summed E-state index contributed by atoms with van der Waals surface area (Å²) >= 11 is 2.60. The quantitative estimate of drug-likeness (QED) is 0.616. The molecule has 17 heavy (non-hydrogen) atoms. The molecule has 1 rings (SSSR count). The van der Waals surface area contributed by atoms with E-state index >= 15 is 0 Å². The molecule has 1 aromatic carbocycles. The third-order valence-corrected chi connectivity index (χ3v) is 3.39. The molecule has 0 N–H and O–H groups in total. The third kappa shape index (κ3) is 3.51. The average molecular weight is 335 g/mol. The van der Waals surface area contributed by atoms with Gasteiger partial charge in [-0.2, -0.15) is 13.2 Å². The summed E-state index contributed by atoms with van der Waals surface area (Å²) in [4.78, 5) is 20.8.